The summed E-state index contributed by atoms with van der Waals surface area (Å²) >= 11 is 0. The summed E-state index contributed by atoms with van der Waals surface area (Å²) < 4.78 is 43.2. The Morgan fingerprint density at radius 3 is 1.93 bits per heavy atom. The van der Waals surface area contributed by atoms with Crippen LogP contribution < -0.4 is 19.3 Å². The largest absolute Gasteiger partial charge is 0.497 e. The molecule has 0 amide bonds. The van der Waals surface area contributed by atoms with Crippen molar-refractivity contribution in [3.05, 3.63) is 48.5 Å². The molecule has 0 heterocycles. The highest BCUT2D eigenvalue weighted by Crippen LogP contribution is 2.17. The zero-order chi connectivity index (χ0) is 19.7. The van der Waals surface area contributed by atoms with Crippen LogP contribution in [0.15, 0.2) is 53.4 Å². The molecule has 2 N–H and O–H groups in total. The summed E-state index contributed by atoms with van der Waals surface area (Å²) in [5.74, 6) is 1.40. The predicted molar refractivity (Wildman–Crippen MR) is 97.4 cm³/mol. The van der Waals surface area contributed by atoms with Crippen LogP contribution in [0.3, 0.4) is 0 Å². The van der Waals surface area contributed by atoms with Gasteiger partial charge < -0.3 is 18.9 Å². The van der Waals surface area contributed by atoms with Crippen molar-refractivity contribution in [1.82, 2.24) is 0 Å². The lowest BCUT2D eigenvalue weighted by Crippen LogP contribution is -2.15. The van der Waals surface area contributed by atoms with Gasteiger partial charge in [-0.05, 0) is 48.5 Å². The SMILES string of the molecule is COc1ccc(OCCC(=O)OCCOc2ccc(S(N)(=O)=O)cc2)cc1. The highest BCUT2D eigenvalue weighted by Gasteiger charge is 2.07. The van der Waals surface area contributed by atoms with E-state index in [4.69, 9.17) is 24.1 Å². The summed E-state index contributed by atoms with van der Waals surface area (Å²) in [6.45, 7) is 0.402. The van der Waals surface area contributed by atoms with Gasteiger partial charge in [-0.15, -0.1) is 0 Å². The van der Waals surface area contributed by atoms with Crippen LogP contribution >= 0.6 is 0 Å². The number of carbonyl (C=O) groups is 1. The first-order chi connectivity index (χ1) is 12.9. The number of nitrogens with two attached hydrogens (primary N) is 1. The Hall–Kier alpha value is -2.78. The molecule has 146 valence electrons. The summed E-state index contributed by atoms with van der Waals surface area (Å²) in [6.07, 6.45) is 0.106. The lowest BCUT2D eigenvalue weighted by atomic mass is 10.3. The van der Waals surface area contributed by atoms with Gasteiger partial charge in [0.1, 0.15) is 30.5 Å². The smallest absolute Gasteiger partial charge is 0.309 e. The molecule has 0 spiro atoms. The molecule has 0 aliphatic rings. The third kappa shape index (κ3) is 7.16. The van der Waals surface area contributed by atoms with Gasteiger partial charge in [0.05, 0.1) is 25.0 Å². The first-order valence-electron chi connectivity index (χ1n) is 8.06. The summed E-state index contributed by atoms with van der Waals surface area (Å²) in [7, 11) is -2.15. The van der Waals surface area contributed by atoms with Gasteiger partial charge in [-0.3, -0.25) is 4.79 Å². The Morgan fingerprint density at radius 2 is 1.37 bits per heavy atom. The monoisotopic (exact) mass is 395 g/mol. The molecular weight excluding hydrogens is 374 g/mol. The molecule has 9 heteroatoms. The molecule has 0 aliphatic carbocycles. The van der Waals surface area contributed by atoms with E-state index >= 15 is 0 Å². The van der Waals surface area contributed by atoms with Crippen LogP contribution in [0, 0.1) is 0 Å². The second kappa shape index (κ2) is 9.79. The molecule has 0 bridgehead atoms. The van der Waals surface area contributed by atoms with Crippen molar-refractivity contribution in [1.29, 1.82) is 0 Å². The zero-order valence-corrected chi connectivity index (χ0v) is 15.6. The van der Waals surface area contributed by atoms with Crippen LogP contribution in [0.1, 0.15) is 6.42 Å². The normalized spacial score (nSPS) is 10.9. The van der Waals surface area contributed by atoms with E-state index in [1.165, 1.54) is 24.3 Å². The molecule has 2 rings (SSSR count). The number of sulfonamides is 1. The van der Waals surface area contributed by atoms with Gasteiger partial charge in [0.15, 0.2) is 0 Å². The maximum absolute atomic E-state index is 11.6. The van der Waals surface area contributed by atoms with Gasteiger partial charge in [-0.25, -0.2) is 13.6 Å². The average molecular weight is 395 g/mol. The molecule has 0 aliphatic heterocycles. The number of rotatable bonds is 10. The number of esters is 1. The number of hydrogen-bond donors (Lipinski definition) is 1. The molecule has 0 fully saturated rings. The molecule has 0 radical (unpaired) electrons. The topological polar surface area (TPSA) is 114 Å². The van der Waals surface area contributed by atoms with Gasteiger partial charge >= 0.3 is 5.97 Å². The minimum Gasteiger partial charge on any atom is -0.497 e. The lowest BCUT2D eigenvalue weighted by molar-refractivity contribution is -0.144. The fraction of sp³-hybridized carbons (Fsp3) is 0.278. The van der Waals surface area contributed by atoms with Gasteiger partial charge in [0, 0.05) is 0 Å². The number of carbonyl (C=O) groups excluding carboxylic acids is 1. The van der Waals surface area contributed by atoms with E-state index in [0.717, 1.165) is 5.75 Å². The summed E-state index contributed by atoms with van der Waals surface area (Å²) in [4.78, 5) is 11.6. The maximum atomic E-state index is 11.6. The molecule has 2 aromatic carbocycles. The number of ether oxygens (including phenoxy) is 4. The van der Waals surface area contributed by atoms with Crippen molar-refractivity contribution in [2.24, 2.45) is 5.14 Å². The molecule has 8 nitrogen and oxygen atoms in total. The maximum Gasteiger partial charge on any atom is 0.309 e. The average Bonchev–Trinajstić information content (AvgIpc) is 2.65. The van der Waals surface area contributed by atoms with E-state index in [1.807, 2.05) is 0 Å². The van der Waals surface area contributed by atoms with Crippen LogP contribution in [0.2, 0.25) is 0 Å². The van der Waals surface area contributed by atoms with Crippen LogP contribution in [-0.2, 0) is 19.6 Å². The highest BCUT2D eigenvalue weighted by molar-refractivity contribution is 7.89. The molecule has 0 unspecified atom stereocenters. The highest BCUT2D eigenvalue weighted by atomic mass is 32.2. The number of benzene rings is 2. The van der Waals surface area contributed by atoms with Crippen LogP contribution in [-0.4, -0.2) is 41.3 Å². The van der Waals surface area contributed by atoms with Crippen molar-refractivity contribution in [2.45, 2.75) is 11.3 Å². The van der Waals surface area contributed by atoms with Crippen LogP contribution in [0.25, 0.3) is 0 Å². The van der Waals surface area contributed by atoms with E-state index in [-0.39, 0.29) is 31.1 Å². The summed E-state index contributed by atoms with van der Waals surface area (Å²) in [5, 5.41) is 5.01. The van der Waals surface area contributed by atoms with Crippen molar-refractivity contribution >= 4 is 16.0 Å². The number of primary sulfonamides is 1. The first-order valence-corrected chi connectivity index (χ1v) is 9.61. The Balaban J connectivity index is 1.61. The van der Waals surface area contributed by atoms with E-state index in [9.17, 15) is 13.2 Å². The molecular formula is C18H21NO7S. The van der Waals surface area contributed by atoms with Crippen molar-refractivity contribution in [3.63, 3.8) is 0 Å². The molecule has 0 saturated carbocycles. The Bertz CT molecular complexity index is 833. The van der Waals surface area contributed by atoms with E-state index in [2.05, 4.69) is 0 Å². The molecule has 27 heavy (non-hydrogen) atoms. The second-order valence-corrected chi connectivity index (χ2v) is 6.92. The van der Waals surface area contributed by atoms with Crippen LogP contribution in [0.4, 0.5) is 0 Å². The van der Waals surface area contributed by atoms with Crippen LogP contribution in [0.5, 0.6) is 17.2 Å². The first kappa shape index (κ1) is 20.5. The summed E-state index contributed by atoms with van der Waals surface area (Å²) in [5.41, 5.74) is 0. The quantitative estimate of drug-likeness (QED) is 0.481. The van der Waals surface area contributed by atoms with Gasteiger partial charge in [0.2, 0.25) is 10.0 Å². The zero-order valence-electron chi connectivity index (χ0n) is 14.8. The van der Waals surface area contributed by atoms with E-state index in [0.29, 0.717) is 11.5 Å². The van der Waals surface area contributed by atoms with Crippen molar-refractivity contribution < 1.29 is 32.2 Å². The fourth-order valence-electron chi connectivity index (χ4n) is 2.04. The van der Waals surface area contributed by atoms with E-state index in [1.54, 1.807) is 31.4 Å². The minimum absolute atomic E-state index is 0.00172. The Labute approximate surface area is 157 Å². The van der Waals surface area contributed by atoms with Gasteiger partial charge in [-0.1, -0.05) is 0 Å². The fourth-order valence-corrected chi connectivity index (χ4v) is 2.55. The second-order valence-electron chi connectivity index (χ2n) is 5.36. The standard InChI is InChI=1S/C18H21NO7S/c1-23-14-2-4-15(5-3-14)24-11-10-18(20)26-13-12-25-16-6-8-17(9-7-16)27(19,21)22/h2-9H,10-13H2,1H3,(H2,19,21,22). The number of hydrogen-bond acceptors (Lipinski definition) is 7. The molecule has 2 aromatic rings. The molecule has 0 aromatic heterocycles. The third-order valence-electron chi connectivity index (χ3n) is 3.40. The van der Waals surface area contributed by atoms with Gasteiger partial charge in [-0.2, -0.15) is 0 Å². The summed E-state index contributed by atoms with van der Waals surface area (Å²) in [6, 6.07) is 12.7. The third-order valence-corrected chi connectivity index (χ3v) is 4.33. The van der Waals surface area contributed by atoms with Gasteiger partial charge in [0.25, 0.3) is 0 Å². The Kier molecular flexibility index (Phi) is 7.44. The van der Waals surface area contributed by atoms with Crippen molar-refractivity contribution in [2.75, 3.05) is 26.9 Å². The number of methoxy groups -OCH3 is 1. The molecule has 0 atom stereocenters. The van der Waals surface area contributed by atoms with E-state index < -0.39 is 16.0 Å². The van der Waals surface area contributed by atoms with Crippen molar-refractivity contribution in [3.8, 4) is 17.2 Å². The minimum atomic E-state index is -3.73. The Morgan fingerprint density at radius 1 is 0.852 bits per heavy atom. The predicted octanol–water partition coefficient (Wildman–Crippen LogP) is 1.73. The lowest BCUT2D eigenvalue weighted by Gasteiger charge is -2.09. The molecule has 0 saturated heterocycles.